The van der Waals surface area contributed by atoms with E-state index in [0.717, 1.165) is 25.7 Å². The molecule has 18 heavy (non-hydrogen) atoms. The third-order valence-corrected chi connectivity index (χ3v) is 3.99. The lowest BCUT2D eigenvalue weighted by atomic mass is 9.92. The highest BCUT2D eigenvalue weighted by Gasteiger charge is 2.48. The van der Waals surface area contributed by atoms with Crippen LogP contribution < -0.4 is 5.32 Å². The lowest BCUT2D eigenvalue weighted by molar-refractivity contribution is -0.153. The fourth-order valence-corrected chi connectivity index (χ4v) is 2.88. The van der Waals surface area contributed by atoms with Gasteiger partial charge < -0.3 is 15.0 Å². The average Bonchev–Trinajstić information content (AvgIpc) is 2.74. The SMILES string of the molecule is COC(C)(C)CN1CC(=O)NC2(CCCC2)C1=O. The molecule has 0 aromatic heterocycles. The van der Waals surface area contributed by atoms with Crippen molar-refractivity contribution in [2.24, 2.45) is 0 Å². The Morgan fingerprint density at radius 2 is 1.94 bits per heavy atom. The number of nitrogens with zero attached hydrogens (tertiary/aromatic N) is 1. The normalized spacial score (nSPS) is 23.6. The van der Waals surface area contributed by atoms with Gasteiger partial charge in [-0.2, -0.15) is 0 Å². The predicted octanol–water partition coefficient (Wildman–Crippen LogP) is 0.683. The number of rotatable bonds is 3. The number of methoxy groups -OCH3 is 1. The molecule has 102 valence electrons. The summed E-state index contributed by atoms with van der Waals surface area (Å²) in [6.07, 6.45) is 3.55. The predicted molar refractivity (Wildman–Crippen MR) is 67.0 cm³/mol. The molecule has 2 rings (SSSR count). The molecule has 0 radical (unpaired) electrons. The van der Waals surface area contributed by atoms with Crippen molar-refractivity contribution in [3.63, 3.8) is 0 Å². The van der Waals surface area contributed by atoms with Crippen LogP contribution in [0.1, 0.15) is 39.5 Å². The molecule has 1 N–H and O–H groups in total. The summed E-state index contributed by atoms with van der Waals surface area (Å²) in [7, 11) is 1.62. The van der Waals surface area contributed by atoms with Gasteiger partial charge in [-0.25, -0.2) is 0 Å². The first-order valence-electron chi connectivity index (χ1n) is 6.54. The van der Waals surface area contributed by atoms with Crippen LogP contribution >= 0.6 is 0 Å². The van der Waals surface area contributed by atoms with Crippen molar-refractivity contribution in [1.82, 2.24) is 10.2 Å². The Hall–Kier alpha value is -1.10. The Labute approximate surface area is 108 Å². The largest absolute Gasteiger partial charge is 0.377 e. The number of ether oxygens (including phenoxy) is 1. The van der Waals surface area contributed by atoms with E-state index in [-0.39, 0.29) is 18.4 Å². The van der Waals surface area contributed by atoms with Gasteiger partial charge in [-0.05, 0) is 26.7 Å². The van der Waals surface area contributed by atoms with Crippen LogP contribution in [-0.4, -0.2) is 48.1 Å². The second-order valence-corrected chi connectivity index (χ2v) is 5.96. The van der Waals surface area contributed by atoms with E-state index in [1.807, 2.05) is 13.8 Å². The third-order valence-electron chi connectivity index (χ3n) is 3.99. The molecule has 0 unspecified atom stereocenters. The number of nitrogens with one attached hydrogen (secondary N) is 1. The second kappa shape index (κ2) is 4.53. The lowest BCUT2D eigenvalue weighted by Gasteiger charge is -2.42. The van der Waals surface area contributed by atoms with E-state index in [1.165, 1.54) is 0 Å². The number of carbonyl (C=O) groups is 2. The van der Waals surface area contributed by atoms with Gasteiger partial charge in [0.25, 0.3) is 0 Å². The van der Waals surface area contributed by atoms with E-state index in [1.54, 1.807) is 12.0 Å². The zero-order chi connectivity index (χ0) is 13.4. The van der Waals surface area contributed by atoms with Crippen LogP contribution in [0.2, 0.25) is 0 Å². The van der Waals surface area contributed by atoms with Crippen molar-refractivity contribution in [2.45, 2.75) is 50.7 Å². The molecule has 1 spiro atoms. The number of piperazine rings is 1. The molecule has 2 amide bonds. The molecule has 0 aromatic carbocycles. The molecule has 2 fully saturated rings. The molecule has 2 aliphatic rings. The van der Waals surface area contributed by atoms with Crippen LogP contribution in [0.15, 0.2) is 0 Å². The summed E-state index contributed by atoms with van der Waals surface area (Å²) in [5, 5.41) is 2.90. The number of hydrogen-bond acceptors (Lipinski definition) is 3. The van der Waals surface area contributed by atoms with Gasteiger partial charge in [0.2, 0.25) is 11.8 Å². The van der Waals surface area contributed by atoms with Crippen LogP contribution in [0.25, 0.3) is 0 Å². The maximum Gasteiger partial charge on any atom is 0.248 e. The lowest BCUT2D eigenvalue weighted by Crippen LogP contribution is -2.66. The van der Waals surface area contributed by atoms with E-state index >= 15 is 0 Å². The van der Waals surface area contributed by atoms with Crippen molar-refractivity contribution in [2.75, 3.05) is 20.2 Å². The smallest absolute Gasteiger partial charge is 0.248 e. The van der Waals surface area contributed by atoms with E-state index in [0.29, 0.717) is 6.54 Å². The molecule has 1 aliphatic carbocycles. The molecular formula is C13H22N2O3. The summed E-state index contributed by atoms with van der Waals surface area (Å²) in [4.78, 5) is 26.0. The zero-order valence-corrected chi connectivity index (χ0v) is 11.4. The molecule has 1 saturated heterocycles. The monoisotopic (exact) mass is 254 g/mol. The second-order valence-electron chi connectivity index (χ2n) is 5.96. The van der Waals surface area contributed by atoms with Crippen LogP contribution in [0, 0.1) is 0 Å². The van der Waals surface area contributed by atoms with E-state index in [9.17, 15) is 9.59 Å². The Bertz CT molecular complexity index is 359. The van der Waals surface area contributed by atoms with Gasteiger partial charge in [-0.15, -0.1) is 0 Å². The van der Waals surface area contributed by atoms with Crippen molar-refractivity contribution < 1.29 is 14.3 Å². The highest BCUT2D eigenvalue weighted by Crippen LogP contribution is 2.33. The fraction of sp³-hybridized carbons (Fsp3) is 0.846. The maximum absolute atomic E-state index is 12.5. The first-order valence-corrected chi connectivity index (χ1v) is 6.54. The average molecular weight is 254 g/mol. The van der Waals surface area contributed by atoms with Crippen molar-refractivity contribution in [3.8, 4) is 0 Å². The molecule has 0 aromatic rings. The van der Waals surface area contributed by atoms with Gasteiger partial charge in [0.05, 0.1) is 12.1 Å². The van der Waals surface area contributed by atoms with Crippen LogP contribution in [0.4, 0.5) is 0 Å². The molecule has 5 heteroatoms. The Kier molecular flexibility index (Phi) is 3.36. The highest BCUT2D eigenvalue weighted by molar-refractivity contribution is 5.98. The summed E-state index contributed by atoms with van der Waals surface area (Å²) >= 11 is 0. The van der Waals surface area contributed by atoms with Crippen LogP contribution in [0.3, 0.4) is 0 Å². The summed E-state index contributed by atoms with van der Waals surface area (Å²) in [6, 6.07) is 0. The molecule has 1 heterocycles. The van der Waals surface area contributed by atoms with Gasteiger partial charge in [-0.1, -0.05) is 12.8 Å². The number of carbonyl (C=O) groups excluding carboxylic acids is 2. The summed E-state index contributed by atoms with van der Waals surface area (Å²) in [5.74, 6) is 0.00753. The van der Waals surface area contributed by atoms with Crippen molar-refractivity contribution in [1.29, 1.82) is 0 Å². The van der Waals surface area contributed by atoms with Crippen LogP contribution in [-0.2, 0) is 14.3 Å². The minimum absolute atomic E-state index is 0.0524. The number of hydrogen-bond donors (Lipinski definition) is 1. The molecule has 0 bridgehead atoms. The van der Waals surface area contributed by atoms with Gasteiger partial charge >= 0.3 is 0 Å². The zero-order valence-electron chi connectivity index (χ0n) is 11.4. The fourth-order valence-electron chi connectivity index (χ4n) is 2.88. The first kappa shape index (κ1) is 13.3. The van der Waals surface area contributed by atoms with Crippen molar-refractivity contribution in [3.05, 3.63) is 0 Å². The Morgan fingerprint density at radius 3 is 2.50 bits per heavy atom. The minimum atomic E-state index is -0.626. The van der Waals surface area contributed by atoms with E-state index in [4.69, 9.17) is 4.74 Å². The molecule has 1 aliphatic heterocycles. The van der Waals surface area contributed by atoms with Gasteiger partial charge in [0.1, 0.15) is 5.54 Å². The molecule has 0 atom stereocenters. The summed E-state index contributed by atoms with van der Waals surface area (Å²) < 4.78 is 5.35. The van der Waals surface area contributed by atoms with Gasteiger partial charge in [0, 0.05) is 13.7 Å². The Morgan fingerprint density at radius 1 is 1.33 bits per heavy atom. The standard InChI is InChI=1S/C13H22N2O3/c1-12(2,18-3)9-15-8-10(16)14-13(11(15)17)6-4-5-7-13/h4-9H2,1-3H3,(H,14,16). The minimum Gasteiger partial charge on any atom is -0.377 e. The maximum atomic E-state index is 12.5. The quantitative estimate of drug-likeness (QED) is 0.806. The topological polar surface area (TPSA) is 58.6 Å². The third kappa shape index (κ3) is 2.36. The van der Waals surface area contributed by atoms with Crippen LogP contribution in [0.5, 0.6) is 0 Å². The van der Waals surface area contributed by atoms with E-state index in [2.05, 4.69) is 5.32 Å². The number of amides is 2. The first-order chi connectivity index (χ1) is 8.38. The molecular weight excluding hydrogens is 232 g/mol. The summed E-state index contributed by atoms with van der Waals surface area (Å²) in [6.45, 7) is 4.45. The molecule has 1 saturated carbocycles. The van der Waals surface area contributed by atoms with Gasteiger partial charge in [0.15, 0.2) is 0 Å². The van der Waals surface area contributed by atoms with Crippen molar-refractivity contribution >= 4 is 11.8 Å². The molecule has 5 nitrogen and oxygen atoms in total. The highest BCUT2D eigenvalue weighted by atomic mass is 16.5. The van der Waals surface area contributed by atoms with Gasteiger partial charge in [-0.3, -0.25) is 9.59 Å². The Balaban J connectivity index is 2.16. The van der Waals surface area contributed by atoms with E-state index < -0.39 is 11.1 Å². The summed E-state index contributed by atoms with van der Waals surface area (Å²) in [5.41, 5.74) is -1.05.